The van der Waals surface area contributed by atoms with E-state index in [4.69, 9.17) is 9.47 Å². The zero-order valence-corrected chi connectivity index (χ0v) is 15.8. The summed E-state index contributed by atoms with van der Waals surface area (Å²) in [6, 6.07) is 13.7. The van der Waals surface area contributed by atoms with Crippen LogP contribution in [0.25, 0.3) is 11.0 Å². The van der Waals surface area contributed by atoms with Crippen molar-refractivity contribution in [1.82, 2.24) is 19.7 Å². The van der Waals surface area contributed by atoms with Crippen molar-refractivity contribution >= 4 is 28.4 Å². The molecule has 0 aliphatic carbocycles. The van der Waals surface area contributed by atoms with E-state index in [-0.39, 0.29) is 6.03 Å². The zero-order valence-electron chi connectivity index (χ0n) is 15.8. The third-order valence-electron chi connectivity index (χ3n) is 4.15. The molecular formula is C20H18N6O3. The second-order valence-electron chi connectivity index (χ2n) is 6.12. The van der Waals surface area contributed by atoms with Crippen molar-refractivity contribution < 1.29 is 14.3 Å². The number of aromatic nitrogens is 4. The van der Waals surface area contributed by atoms with Crippen LogP contribution in [0.1, 0.15) is 0 Å². The first-order valence-corrected chi connectivity index (χ1v) is 8.75. The molecule has 0 aliphatic rings. The minimum atomic E-state index is -0.361. The van der Waals surface area contributed by atoms with Crippen molar-refractivity contribution in [1.29, 1.82) is 0 Å². The molecule has 0 radical (unpaired) electrons. The van der Waals surface area contributed by atoms with E-state index in [0.717, 1.165) is 5.39 Å². The highest BCUT2D eigenvalue weighted by Crippen LogP contribution is 2.27. The summed E-state index contributed by atoms with van der Waals surface area (Å²) in [5.41, 5.74) is 1.93. The van der Waals surface area contributed by atoms with Gasteiger partial charge in [0.05, 0.1) is 13.3 Å². The molecule has 0 spiro atoms. The molecule has 2 aromatic heterocycles. The Bertz CT molecular complexity index is 1160. The van der Waals surface area contributed by atoms with E-state index >= 15 is 0 Å². The Kier molecular flexibility index (Phi) is 4.93. The van der Waals surface area contributed by atoms with E-state index in [9.17, 15) is 4.79 Å². The summed E-state index contributed by atoms with van der Waals surface area (Å²) < 4.78 is 12.6. The number of carbonyl (C=O) groups excluding carboxylic acids is 1. The Morgan fingerprint density at radius 3 is 2.59 bits per heavy atom. The van der Waals surface area contributed by atoms with Gasteiger partial charge in [-0.3, -0.25) is 4.68 Å². The maximum atomic E-state index is 12.2. The number of methoxy groups -OCH3 is 1. The number of carbonyl (C=O) groups is 1. The standard InChI is InChI=1S/C20H18N6O3/c1-26-18-17(11-23-26)19(22-12-21-18)29-15-8-6-13(7-9-15)24-20(27)25-14-4-3-5-16(10-14)28-2/h3-12H,1-2H3,(H2,24,25,27). The van der Waals surface area contributed by atoms with Crippen LogP contribution in [0.15, 0.2) is 61.1 Å². The van der Waals surface area contributed by atoms with Gasteiger partial charge in [-0.1, -0.05) is 6.07 Å². The monoisotopic (exact) mass is 390 g/mol. The zero-order chi connectivity index (χ0) is 20.2. The Hall–Kier alpha value is -4.14. The van der Waals surface area contributed by atoms with Crippen molar-refractivity contribution in [3.63, 3.8) is 0 Å². The topological polar surface area (TPSA) is 103 Å². The number of nitrogens with zero attached hydrogens (tertiary/aromatic N) is 4. The van der Waals surface area contributed by atoms with Crippen LogP contribution >= 0.6 is 0 Å². The molecule has 0 bridgehead atoms. The minimum Gasteiger partial charge on any atom is -0.497 e. The highest BCUT2D eigenvalue weighted by atomic mass is 16.5. The van der Waals surface area contributed by atoms with Crippen molar-refractivity contribution in [2.24, 2.45) is 7.05 Å². The number of nitrogens with one attached hydrogen (secondary N) is 2. The quantitative estimate of drug-likeness (QED) is 0.537. The van der Waals surface area contributed by atoms with Crippen molar-refractivity contribution in [2.75, 3.05) is 17.7 Å². The average Bonchev–Trinajstić information content (AvgIpc) is 3.11. The van der Waals surface area contributed by atoms with Gasteiger partial charge in [0.2, 0.25) is 5.88 Å². The summed E-state index contributed by atoms with van der Waals surface area (Å²) in [6.45, 7) is 0. The fourth-order valence-corrected chi connectivity index (χ4v) is 2.73. The molecule has 0 atom stereocenters. The lowest BCUT2D eigenvalue weighted by Gasteiger charge is -2.10. The number of fused-ring (bicyclic) bond motifs is 1. The first kappa shape index (κ1) is 18.2. The molecule has 2 amide bonds. The number of hydrogen-bond acceptors (Lipinski definition) is 6. The number of urea groups is 1. The fourth-order valence-electron chi connectivity index (χ4n) is 2.73. The maximum absolute atomic E-state index is 12.2. The third kappa shape index (κ3) is 4.08. The molecule has 0 fully saturated rings. The number of ether oxygens (including phenoxy) is 2. The second kappa shape index (κ2) is 7.85. The lowest BCUT2D eigenvalue weighted by atomic mass is 10.3. The van der Waals surface area contributed by atoms with Gasteiger partial charge in [-0.2, -0.15) is 5.10 Å². The fraction of sp³-hybridized carbons (Fsp3) is 0.100. The Morgan fingerprint density at radius 1 is 1.00 bits per heavy atom. The second-order valence-corrected chi connectivity index (χ2v) is 6.12. The summed E-state index contributed by atoms with van der Waals surface area (Å²) in [6.07, 6.45) is 3.09. The smallest absolute Gasteiger partial charge is 0.323 e. The lowest BCUT2D eigenvalue weighted by Crippen LogP contribution is -2.19. The minimum absolute atomic E-state index is 0.361. The molecule has 29 heavy (non-hydrogen) atoms. The molecule has 4 aromatic rings. The number of aryl methyl sites for hydroxylation is 1. The highest BCUT2D eigenvalue weighted by Gasteiger charge is 2.10. The number of rotatable bonds is 5. The summed E-state index contributed by atoms with van der Waals surface area (Å²) in [5.74, 6) is 1.66. The van der Waals surface area contributed by atoms with E-state index < -0.39 is 0 Å². The van der Waals surface area contributed by atoms with Crippen LogP contribution in [-0.2, 0) is 7.05 Å². The normalized spacial score (nSPS) is 10.6. The third-order valence-corrected chi connectivity index (χ3v) is 4.15. The van der Waals surface area contributed by atoms with E-state index in [1.807, 2.05) is 0 Å². The van der Waals surface area contributed by atoms with Crippen molar-refractivity contribution in [2.45, 2.75) is 0 Å². The van der Waals surface area contributed by atoms with E-state index in [2.05, 4.69) is 25.7 Å². The predicted molar refractivity (Wildman–Crippen MR) is 108 cm³/mol. The maximum Gasteiger partial charge on any atom is 0.323 e. The summed E-state index contributed by atoms with van der Waals surface area (Å²) in [4.78, 5) is 20.5. The van der Waals surface area contributed by atoms with Crippen molar-refractivity contribution in [3.8, 4) is 17.4 Å². The molecule has 2 heterocycles. The molecule has 0 unspecified atom stereocenters. The van der Waals surface area contributed by atoms with Gasteiger partial charge >= 0.3 is 6.03 Å². The number of benzene rings is 2. The van der Waals surface area contributed by atoms with Crippen LogP contribution in [-0.4, -0.2) is 32.9 Å². The number of hydrogen-bond donors (Lipinski definition) is 2. The molecule has 0 saturated heterocycles. The number of amides is 2. The first-order chi connectivity index (χ1) is 14.1. The molecule has 2 N–H and O–H groups in total. The van der Waals surface area contributed by atoms with Gasteiger partial charge in [0.25, 0.3) is 0 Å². The largest absolute Gasteiger partial charge is 0.497 e. The number of anilines is 2. The van der Waals surface area contributed by atoms with Crippen LogP contribution in [0.4, 0.5) is 16.2 Å². The SMILES string of the molecule is COc1cccc(NC(=O)Nc2ccc(Oc3ncnc4c3cnn4C)cc2)c1. The van der Waals surface area contributed by atoms with Crippen LogP contribution in [0.3, 0.4) is 0 Å². The lowest BCUT2D eigenvalue weighted by molar-refractivity contribution is 0.262. The van der Waals surface area contributed by atoms with Gasteiger partial charge in [0.15, 0.2) is 5.65 Å². The molecular weight excluding hydrogens is 372 g/mol. The predicted octanol–water partition coefficient (Wildman–Crippen LogP) is 3.81. The Morgan fingerprint density at radius 2 is 1.79 bits per heavy atom. The van der Waals surface area contributed by atoms with Crippen molar-refractivity contribution in [3.05, 3.63) is 61.1 Å². The van der Waals surface area contributed by atoms with Gasteiger partial charge in [0, 0.05) is 24.5 Å². The van der Waals surface area contributed by atoms with Crippen LogP contribution in [0.2, 0.25) is 0 Å². The van der Waals surface area contributed by atoms with Crippen LogP contribution in [0.5, 0.6) is 17.4 Å². The summed E-state index contributed by atoms with van der Waals surface area (Å²) >= 11 is 0. The molecule has 9 nitrogen and oxygen atoms in total. The summed E-state index contributed by atoms with van der Waals surface area (Å²) in [7, 11) is 3.37. The molecule has 2 aromatic carbocycles. The van der Waals surface area contributed by atoms with Gasteiger partial charge in [-0.05, 0) is 36.4 Å². The summed E-state index contributed by atoms with van der Waals surface area (Å²) in [5, 5.41) is 10.4. The van der Waals surface area contributed by atoms with Gasteiger partial charge in [0.1, 0.15) is 23.2 Å². The van der Waals surface area contributed by atoms with E-state index in [1.54, 1.807) is 73.6 Å². The molecule has 4 rings (SSSR count). The Balaban J connectivity index is 1.41. The van der Waals surface area contributed by atoms with E-state index in [0.29, 0.717) is 34.4 Å². The molecule has 146 valence electrons. The molecule has 0 saturated carbocycles. The molecule has 0 aliphatic heterocycles. The van der Waals surface area contributed by atoms with Gasteiger partial charge in [-0.25, -0.2) is 14.8 Å². The van der Waals surface area contributed by atoms with Crippen LogP contribution in [0, 0.1) is 0 Å². The first-order valence-electron chi connectivity index (χ1n) is 8.75. The Labute approximate surface area is 166 Å². The van der Waals surface area contributed by atoms with E-state index in [1.165, 1.54) is 6.33 Å². The molecule has 9 heteroatoms. The van der Waals surface area contributed by atoms with Gasteiger partial charge in [-0.15, -0.1) is 0 Å². The van der Waals surface area contributed by atoms with Gasteiger partial charge < -0.3 is 20.1 Å². The van der Waals surface area contributed by atoms with Crippen LogP contribution < -0.4 is 20.1 Å². The average molecular weight is 390 g/mol. The highest BCUT2D eigenvalue weighted by molar-refractivity contribution is 5.99.